The molecule has 1 aliphatic rings. The number of hydrogen-bond donors (Lipinski definition) is 2. The Morgan fingerprint density at radius 2 is 2.09 bits per heavy atom. The molecule has 0 aliphatic carbocycles. The van der Waals surface area contributed by atoms with E-state index in [2.05, 4.69) is 29.0 Å². The molecule has 1 fully saturated rings. The first kappa shape index (κ1) is 17.5. The number of nitrogens with zero attached hydrogens (tertiary/aromatic N) is 1. The summed E-state index contributed by atoms with van der Waals surface area (Å²) in [4.78, 5) is 29.6. The Morgan fingerprint density at radius 1 is 1.39 bits per heavy atom. The number of ether oxygens (including phenoxy) is 1. The standard InChI is InChI=1S/C17H27N3O3/c1-10(2)20-7-6-13(9-20)8-18-16(21)15-11(3)14(12(4)19-15)17(22)23-5/h10,13,19H,6-9H2,1-5H3,(H,18,21)/t13-/m1/s1. The van der Waals surface area contributed by atoms with E-state index in [4.69, 9.17) is 4.74 Å². The predicted molar refractivity (Wildman–Crippen MR) is 88.8 cm³/mol. The van der Waals surface area contributed by atoms with Crippen LogP contribution in [0, 0.1) is 19.8 Å². The first-order chi connectivity index (χ1) is 10.8. The van der Waals surface area contributed by atoms with Crippen LogP contribution in [0.15, 0.2) is 0 Å². The molecule has 2 N–H and O–H groups in total. The third-order valence-corrected chi connectivity index (χ3v) is 4.65. The number of nitrogens with one attached hydrogen (secondary N) is 2. The number of carbonyl (C=O) groups excluding carboxylic acids is 2. The van der Waals surface area contributed by atoms with Crippen LogP contribution < -0.4 is 5.32 Å². The van der Waals surface area contributed by atoms with Crippen molar-refractivity contribution in [3.63, 3.8) is 0 Å². The van der Waals surface area contributed by atoms with Crippen molar-refractivity contribution >= 4 is 11.9 Å². The molecule has 1 aromatic rings. The summed E-state index contributed by atoms with van der Waals surface area (Å²) in [6.07, 6.45) is 1.11. The van der Waals surface area contributed by atoms with Crippen molar-refractivity contribution < 1.29 is 14.3 Å². The molecule has 128 valence electrons. The minimum absolute atomic E-state index is 0.163. The van der Waals surface area contributed by atoms with Crippen LogP contribution in [0.5, 0.6) is 0 Å². The van der Waals surface area contributed by atoms with E-state index in [1.54, 1.807) is 13.8 Å². The summed E-state index contributed by atoms with van der Waals surface area (Å²) in [6, 6.07) is 0.548. The predicted octanol–water partition coefficient (Wildman–Crippen LogP) is 1.88. The maximum Gasteiger partial charge on any atom is 0.339 e. The van der Waals surface area contributed by atoms with Crippen molar-refractivity contribution in [3.05, 3.63) is 22.5 Å². The molecule has 0 radical (unpaired) electrons. The van der Waals surface area contributed by atoms with Crippen LogP contribution in [0.25, 0.3) is 0 Å². The van der Waals surface area contributed by atoms with Crippen LogP contribution in [0.2, 0.25) is 0 Å². The first-order valence-corrected chi connectivity index (χ1v) is 8.14. The van der Waals surface area contributed by atoms with Gasteiger partial charge in [0.2, 0.25) is 0 Å². The summed E-state index contributed by atoms with van der Waals surface area (Å²) in [5.74, 6) is -0.0970. The summed E-state index contributed by atoms with van der Waals surface area (Å²) in [5.41, 5.74) is 2.19. The molecule has 23 heavy (non-hydrogen) atoms. The Bertz CT molecular complexity index is 592. The number of aromatic amines is 1. The molecule has 0 saturated carbocycles. The molecule has 1 amide bonds. The summed E-state index contributed by atoms with van der Waals surface area (Å²) >= 11 is 0. The van der Waals surface area contributed by atoms with Gasteiger partial charge >= 0.3 is 5.97 Å². The van der Waals surface area contributed by atoms with Crippen molar-refractivity contribution in [1.29, 1.82) is 0 Å². The summed E-state index contributed by atoms with van der Waals surface area (Å²) in [6.45, 7) is 10.7. The smallest absolute Gasteiger partial charge is 0.339 e. The number of methoxy groups -OCH3 is 1. The first-order valence-electron chi connectivity index (χ1n) is 8.14. The molecule has 1 saturated heterocycles. The highest BCUT2D eigenvalue weighted by atomic mass is 16.5. The van der Waals surface area contributed by atoms with Gasteiger partial charge < -0.3 is 19.9 Å². The van der Waals surface area contributed by atoms with Gasteiger partial charge in [-0.05, 0) is 52.1 Å². The van der Waals surface area contributed by atoms with E-state index in [-0.39, 0.29) is 5.91 Å². The third-order valence-electron chi connectivity index (χ3n) is 4.65. The van der Waals surface area contributed by atoms with Gasteiger partial charge in [0.05, 0.1) is 12.7 Å². The number of amides is 1. The highest BCUT2D eigenvalue weighted by Gasteiger charge is 2.26. The monoisotopic (exact) mass is 321 g/mol. The Kier molecular flexibility index (Phi) is 5.46. The zero-order valence-corrected chi connectivity index (χ0v) is 14.7. The Balaban J connectivity index is 1.98. The van der Waals surface area contributed by atoms with Crippen LogP contribution >= 0.6 is 0 Å². The minimum atomic E-state index is -0.418. The quantitative estimate of drug-likeness (QED) is 0.812. The van der Waals surface area contributed by atoms with Crippen molar-refractivity contribution in [2.45, 2.75) is 40.2 Å². The fraction of sp³-hybridized carbons (Fsp3) is 0.647. The Morgan fingerprint density at radius 3 is 2.65 bits per heavy atom. The van der Waals surface area contributed by atoms with Crippen LogP contribution in [-0.2, 0) is 4.74 Å². The topological polar surface area (TPSA) is 74.4 Å². The molecule has 0 aromatic carbocycles. The van der Waals surface area contributed by atoms with Gasteiger partial charge in [0.15, 0.2) is 0 Å². The Hall–Kier alpha value is -1.82. The van der Waals surface area contributed by atoms with Crippen molar-refractivity contribution in [2.75, 3.05) is 26.7 Å². The molecule has 2 rings (SSSR count). The van der Waals surface area contributed by atoms with Crippen LogP contribution in [0.1, 0.15) is 52.4 Å². The molecular formula is C17H27N3O3. The molecule has 0 unspecified atom stereocenters. The van der Waals surface area contributed by atoms with E-state index < -0.39 is 5.97 Å². The van der Waals surface area contributed by atoms with Crippen LogP contribution in [0.4, 0.5) is 0 Å². The number of carbonyl (C=O) groups is 2. The van der Waals surface area contributed by atoms with Crippen molar-refractivity contribution in [3.8, 4) is 0 Å². The van der Waals surface area contributed by atoms with Gasteiger partial charge in [-0.25, -0.2) is 4.79 Å². The van der Waals surface area contributed by atoms with Gasteiger partial charge in [0.25, 0.3) is 5.91 Å². The molecule has 0 spiro atoms. The van der Waals surface area contributed by atoms with Gasteiger partial charge in [-0.3, -0.25) is 4.79 Å². The molecule has 1 aromatic heterocycles. The zero-order valence-electron chi connectivity index (χ0n) is 14.7. The minimum Gasteiger partial charge on any atom is -0.465 e. The van der Waals surface area contributed by atoms with E-state index >= 15 is 0 Å². The molecule has 6 heteroatoms. The second kappa shape index (κ2) is 7.17. The maximum atomic E-state index is 12.4. The number of aromatic nitrogens is 1. The van der Waals surface area contributed by atoms with Gasteiger partial charge in [-0.15, -0.1) is 0 Å². The van der Waals surface area contributed by atoms with Crippen molar-refractivity contribution in [2.24, 2.45) is 5.92 Å². The SMILES string of the molecule is COC(=O)c1c(C)[nH]c(C(=O)NC[C@H]2CCN(C(C)C)C2)c1C. The highest BCUT2D eigenvalue weighted by molar-refractivity contribution is 6.00. The molecule has 1 atom stereocenters. The molecule has 2 heterocycles. The van der Waals surface area contributed by atoms with Gasteiger partial charge in [-0.1, -0.05) is 0 Å². The fourth-order valence-electron chi connectivity index (χ4n) is 3.21. The second-order valence-electron chi connectivity index (χ2n) is 6.57. The number of hydrogen-bond acceptors (Lipinski definition) is 4. The number of rotatable bonds is 5. The molecule has 6 nitrogen and oxygen atoms in total. The lowest BCUT2D eigenvalue weighted by molar-refractivity contribution is 0.0599. The van der Waals surface area contributed by atoms with E-state index in [1.165, 1.54) is 7.11 Å². The van der Waals surface area contributed by atoms with Crippen molar-refractivity contribution in [1.82, 2.24) is 15.2 Å². The largest absolute Gasteiger partial charge is 0.465 e. The average Bonchev–Trinajstić information content (AvgIpc) is 3.09. The van der Waals surface area contributed by atoms with Crippen LogP contribution in [0.3, 0.4) is 0 Å². The number of esters is 1. The zero-order chi connectivity index (χ0) is 17.1. The number of aryl methyl sites for hydroxylation is 1. The van der Waals surface area contributed by atoms with E-state index in [0.717, 1.165) is 19.5 Å². The Labute approximate surface area is 137 Å². The number of H-pyrrole nitrogens is 1. The van der Waals surface area contributed by atoms with Gasteiger partial charge in [-0.2, -0.15) is 0 Å². The van der Waals surface area contributed by atoms with E-state index in [1.807, 2.05) is 0 Å². The van der Waals surface area contributed by atoms with E-state index in [0.29, 0.717) is 41.0 Å². The molecule has 1 aliphatic heterocycles. The third kappa shape index (κ3) is 3.75. The van der Waals surface area contributed by atoms with E-state index in [9.17, 15) is 9.59 Å². The number of likely N-dealkylation sites (tertiary alicyclic amines) is 1. The summed E-state index contributed by atoms with van der Waals surface area (Å²) in [7, 11) is 1.34. The normalized spacial score (nSPS) is 18.4. The molecular weight excluding hydrogens is 294 g/mol. The lowest BCUT2D eigenvalue weighted by atomic mass is 10.1. The molecule has 0 bridgehead atoms. The lowest BCUT2D eigenvalue weighted by Gasteiger charge is -2.20. The fourth-order valence-corrected chi connectivity index (χ4v) is 3.21. The summed E-state index contributed by atoms with van der Waals surface area (Å²) in [5, 5.41) is 2.99. The second-order valence-corrected chi connectivity index (χ2v) is 6.57. The summed E-state index contributed by atoms with van der Waals surface area (Å²) < 4.78 is 4.77. The lowest BCUT2D eigenvalue weighted by Crippen LogP contribution is -2.33. The van der Waals surface area contributed by atoms with Gasteiger partial charge in [0.1, 0.15) is 5.69 Å². The highest BCUT2D eigenvalue weighted by Crippen LogP contribution is 2.20. The van der Waals surface area contributed by atoms with Crippen LogP contribution in [-0.4, -0.2) is 54.5 Å². The van der Waals surface area contributed by atoms with Gasteiger partial charge in [0, 0.05) is 24.8 Å². The average molecular weight is 321 g/mol. The maximum absolute atomic E-state index is 12.4.